The number of halogens is 1. The van der Waals surface area contributed by atoms with Crippen LogP contribution in [-0.4, -0.2) is 35.1 Å². The summed E-state index contributed by atoms with van der Waals surface area (Å²) in [5.41, 5.74) is 0.687. The van der Waals surface area contributed by atoms with E-state index in [0.29, 0.717) is 18.8 Å². The summed E-state index contributed by atoms with van der Waals surface area (Å²) < 4.78 is 29.0. The van der Waals surface area contributed by atoms with Crippen molar-refractivity contribution in [2.45, 2.75) is 0 Å². The predicted octanol–water partition coefficient (Wildman–Crippen LogP) is 0.939. The fourth-order valence-electron chi connectivity index (χ4n) is 1.98. The van der Waals surface area contributed by atoms with Gasteiger partial charge in [0, 0.05) is 30.0 Å². The molecule has 7 heteroatoms. The fraction of sp³-hybridized carbons (Fsp3) is 0.455. The third-order valence-corrected chi connectivity index (χ3v) is 4.88. The van der Waals surface area contributed by atoms with Gasteiger partial charge in [-0.2, -0.15) is 13.1 Å². The maximum absolute atomic E-state index is 12.0. The van der Waals surface area contributed by atoms with Gasteiger partial charge in [0.2, 0.25) is 0 Å². The van der Waals surface area contributed by atoms with Crippen LogP contribution in [0.5, 0.6) is 0 Å². The summed E-state index contributed by atoms with van der Waals surface area (Å²) in [6.07, 6.45) is 0. The molecule has 1 fully saturated rings. The number of hydrogen-bond acceptors (Lipinski definition) is 3. The Kier molecular flexibility index (Phi) is 4.26. The molecule has 5 nitrogen and oxygen atoms in total. The van der Waals surface area contributed by atoms with E-state index < -0.39 is 10.2 Å². The minimum absolute atomic E-state index is 0.266. The molecule has 1 saturated heterocycles. The second kappa shape index (κ2) is 5.56. The van der Waals surface area contributed by atoms with Crippen molar-refractivity contribution in [3.8, 4) is 0 Å². The molecule has 1 unspecified atom stereocenters. The zero-order valence-corrected chi connectivity index (χ0v) is 12.5. The van der Waals surface area contributed by atoms with E-state index in [9.17, 15) is 8.42 Å². The Labute approximate surface area is 116 Å². The number of rotatable bonds is 3. The molecule has 0 spiro atoms. The molecule has 0 aliphatic carbocycles. The molecule has 2 N–H and O–H groups in total. The lowest BCUT2D eigenvalue weighted by Crippen LogP contribution is -2.53. The van der Waals surface area contributed by atoms with E-state index in [-0.39, 0.29) is 5.92 Å². The lowest BCUT2D eigenvalue weighted by molar-refractivity contribution is 0.464. The van der Waals surface area contributed by atoms with Crippen molar-refractivity contribution in [1.29, 1.82) is 0 Å². The van der Waals surface area contributed by atoms with Gasteiger partial charge >= 0.3 is 10.2 Å². The molecule has 1 heterocycles. The zero-order valence-electron chi connectivity index (χ0n) is 10.1. The summed E-state index contributed by atoms with van der Waals surface area (Å²) in [5.74, 6) is 0.266. The summed E-state index contributed by atoms with van der Waals surface area (Å²) in [4.78, 5) is 0. The Hall–Kier alpha value is -0.630. The molecule has 0 saturated carbocycles. The molecule has 100 valence electrons. The minimum atomic E-state index is -3.40. The summed E-state index contributed by atoms with van der Waals surface area (Å²) in [7, 11) is -1.53. The summed E-state index contributed by atoms with van der Waals surface area (Å²) >= 11 is 3.34. The first-order chi connectivity index (χ1) is 8.53. The van der Waals surface area contributed by atoms with E-state index in [1.54, 1.807) is 12.1 Å². The topological polar surface area (TPSA) is 61.4 Å². The van der Waals surface area contributed by atoms with Crippen LogP contribution in [0.15, 0.2) is 28.7 Å². The Bertz CT molecular complexity index is 504. The van der Waals surface area contributed by atoms with Crippen LogP contribution in [0.1, 0.15) is 0 Å². The van der Waals surface area contributed by atoms with Gasteiger partial charge in [-0.1, -0.05) is 15.9 Å². The van der Waals surface area contributed by atoms with Gasteiger partial charge in [0.05, 0.1) is 5.69 Å². The molecule has 1 aromatic rings. The molecule has 0 bridgehead atoms. The van der Waals surface area contributed by atoms with Crippen molar-refractivity contribution in [3.63, 3.8) is 0 Å². The van der Waals surface area contributed by atoms with Crippen molar-refractivity contribution >= 4 is 31.8 Å². The normalized spacial score (nSPS) is 23.0. The molecule has 1 aromatic carbocycles. The Balaban J connectivity index is 2.24. The maximum atomic E-state index is 12.0. The maximum Gasteiger partial charge on any atom is 0.301 e. The molecule has 18 heavy (non-hydrogen) atoms. The van der Waals surface area contributed by atoms with Gasteiger partial charge < -0.3 is 5.32 Å². The van der Waals surface area contributed by atoms with E-state index in [1.807, 2.05) is 19.2 Å². The average Bonchev–Trinajstić information content (AvgIpc) is 2.33. The first kappa shape index (κ1) is 13.8. The summed E-state index contributed by atoms with van der Waals surface area (Å²) in [6, 6.07) is 7.27. The van der Waals surface area contributed by atoms with Crippen LogP contribution in [-0.2, 0) is 10.2 Å². The van der Waals surface area contributed by atoms with Gasteiger partial charge in [0.15, 0.2) is 0 Å². The first-order valence-electron chi connectivity index (χ1n) is 5.70. The van der Waals surface area contributed by atoms with Crippen LogP contribution in [0.3, 0.4) is 0 Å². The van der Waals surface area contributed by atoms with Crippen LogP contribution in [0.2, 0.25) is 0 Å². The van der Waals surface area contributed by atoms with E-state index in [2.05, 4.69) is 26.0 Å². The number of nitrogens with zero attached hydrogens (tertiary/aromatic N) is 1. The molecule has 1 aliphatic heterocycles. The Morgan fingerprint density at radius 1 is 1.44 bits per heavy atom. The molecule has 0 aromatic heterocycles. The van der Waals surface area contributed by atoms with Crippen LogP contribution < -0.4 is 14.3 Å². The van der Waals surface area contributed by atoms with Gasteiger partial charge in [-0.05, 0) is 31.3 Å². The third-order valence-electron chi connectivity index (χ3n) is 2.88. The van der Waals surface area contributed by atoms with Crippen LogP contribution in [0.25, 0.3) is 0 Å². The van der Waals surface area contributed by atoms with Crippen molar-refractivity contribution in [3.05, 3.63) is 28.7 Å². The molecule has 1 atom stereocenters. The lowest BCUT2D eigenvalue weighted by atomic mass is 10.1. The molecule has 1 aliphatic rings. The molecule has 2 rings (SSSR count). The highest BCUT2D eigenvalue weighted by atomic mass is 79.9. The van der Waals surface area contributed by atoms with E-state index in [0.717, 1.165) is 11.0 Å². The Morgan fingerprint density at radius 2 is 2.11 bits per heavy atom. The fourth-order valence-corrected chi connectivity index (χ4v) is 3.65. The largest absolute Gasteiger partial charge is 0.319 e. The van der Waals surface area contributed by atoms with Crippen LogP contribution in [0.4, 0.5) is 5.69 Å². The SMILES string of the molecule is CNCC1CNS(=O)(=O)N(c2ccc(Br)cc2)C1. The second-order valence-corrected chi connectivity index (χ2v) is 6.88. The lowest BCUT2D eigenvalue weighted by Gasteiger charge is -2.34. The van der Waals surface area contributed by atoms with Crippen molar-refractivity contribution in [2.75, 3.05) is 31.0 Å². The predicted molar refractivity (Wildman–Crippen MR) is 75.8 cm³/mol. The van der Waals surface area contributed by atoms with Gasteiger partial charge in [-0.3, -0.25) is 4.31 Å². The molecular weight excluding hydrogens is 318 g/mol. The van der Waals surface area contributed by atoms with Crippen LogP contribution >= 0.6 is 15.9 Å². The van der Waals surface area contributed by atoms with Crippen molar-refractivity contribution < 1.29 is 8.42 Å². The zero-order chi connectivity index (χ0) is 13.2. The quantitative estimate of drug-likeness (QED) is 0.865. The molecule has 0 amide bonds. The highest BCUT2D eigenvalue weighted by molar-refractivity contribution is 9.10. The van der Waals surface area contributed by atoms with E-state index >= 15 is 0 Å². The second-order valence-electron chi connectivity index (χ2n) is 4.28. The highest BCUT2D eigenvalue weighted by Gasteiger charge is 2.30. The highest BCUT2D eigenvalue weighted by Crippen LogP contribution is 2.23. The average molecular weight is 334 g/mol. The van der Waals surface area contributed by atoms with Crippen molar-refractivity contribution in [1.82, 2.24) is 10.0 Å². The van der Waals surface area contributed by atoms with Crippen LogP contribution in [0, 0.1) is 5.92 Å². The first-order valence-corrected chi connectivity index (χ1v) is 7.94. The van der Waals surface area contributed by atoms with Gasteiger partial charge in [0.25, 0.3) is 0 Å². The van der Waals surface area contributed by atoms with E-state index in [1.165, 1.54) is 4.31 Å². The number of benzene rings is 1. The smallest absolute Gasteiger partial charge is 0.301 e. The number of hydrogen-bond donors (Lipinski definition) is 2. The van der Waals surface area contributed by atoms with Gasteiger partial charge in [-0.15, -0.1) is 0 Å². The number of nitrogens with one attached hydrogen (secondary N) is 2. The minimum Gasteiger partial charge on any atom is -0.319 e. The number of anilines is 1. The van der Waals surface area contributed by atoms with Gasteiger partial charge in [-0.25, -0.2) is 0 Å². The summed E-state index contributed by atoms with van der Waals surface area (Å²) in [6.45, 7) is 1.77. The Morgan fingerprint density at radius 3 is 2.72 bits per heavy atom. The third kappa shape index (κ3) is 3.03. The standard InChI is InChI=1S/C11H16BrN3O2S/c1-13-6-9-7-14-18(16,17)15(8-9)11-4-2-10(12)3-5-11/h2-5,9,13-14H,6-8H2,1H3. The van der Waals surface area contributed by atoms with Gasteiger partial charge in [0.1, 0.15) is 0 Å². The summed E-state index contributed by atoms with van der Waals surface area (Å²) in [5, 5.41) is 3.08. The molecule has 0 radical (unpaired) electrons. The van der Waals surface area contributed by atoms with E-state index in [4.69, 9.17) is 0 Å². The molecular formula is C11H16BrN3O2S. The van der Waals surface area contributed by atoms with Crippen molar-refractivity contribution in [2.24, 2.45) is 5.92 Å². The monoisotopic (exact) mass is 333 g/mol.